The van der Waals surface area contributed by atoms with Crippen LogP contribution in [-0.4, -0.2) is 15.0 Å². The molecule has 0 aliphatic carbocycles. The zero-order valence-electron chi connectivity index (χ0n) is 14.2. The van der Waals surface area contributed by atoms with Crippen LogP contribution in [0.2, 0.25) is 5.02 Å². The van der Waals surface area contributed by atoms with E-state index in [1.54, 1.807) is 37.3 Å². The molecule has 1 heterocycles. The average Bonchev–Trinajstić information content (AvgIpc) is 2.60. The maximum Gasteiger partial charge on any atom is 0.363 e. The first kappa shape index (κ1) is 18.3. The Morgan fingerprint density at radius 3 is 2.54 bits per heavy atom. The van der Waals surface area contributed by atoms with Crippen molar-refractivity contribution < 1.29 is 12.8 Å². The van der Waals surface area contributed by atoms with Gasteiger partial charge < -0.3 is 9.73 Å². The Bertz CT molecular complexity index is 1140. The second kappa shape index (κ2) is 7.01. The number of halogens is 1. The lowest BCUT2D eigenvalue weighted by Gasteiger charge is -2.14. The number of hydrogen-bond acceptors (Lipinski definition) is 5. The minimum Gasteiger partial charge on any atom is -0.421 e. The van der Waals surface area contributed by atoms with E-state index in [4.69, 9.17) is 16.0 Å². The third-order valence-electron chi connectivity index (χ3n) is 3.86. The molecule has 6 nitrogen and oxygen atoms in total. The van der Waals surface area contributed by atoms with Crippen LogP contribution in [-0.2, 0) is 10.0 Å². The van der Waals surface area contributed by atoms with E-state index in [0.29, 0.717) is 28.2 Å². The van der Waals surface area contributed by atoms with Gasteiger partial charge >= 0.3 is 5.63 Å². The molecule has 0 bridgehead atoms. The first-order valence-electron chi connectivity index (χ1n) is 7.92. The van der Waals surface area contributed by atoms with E-state index in [2.05, 4.69) is 10.0 Å². The lowest BCUT2D eigenvalue weighted by molar-refractivity contribution is 0.563. The molecule has 2 aromatic carbocycles. The molecule has 3 aromatic rings. The van der Waals surface area contributed by atoms with Gasteiger partial charge in [0, 0.05) is 17.0 Å². The molecule has 0 radical (unpaired) electrons. The summed E-state index contributed by atoms with van der Waals surface area (Å²) in [6.07, 6.45) is 0. The molecule has 0 fully saturated rings. The van der Waals surface area contributed by atoms with Crippen molar-refractivity contribution in [2.45, 2.75) is 18.7 Å². The minimum absolute atomic E-state index is 0.0388. The average molecular weight is 393 g/mol. The van der Waals surface area contributed by atoms with Gasteiger partial charge in [0.05, 0.1) is 10.6 Å². The molecule has 0 aliphatic heterocycles. The Kier molecular flexibility index (Phi) is 4.93. The van der Waals surface area contributed by atoms with Gasteiger partial charge in [-0.2, -0.15) is 0 Å². The molecule has 0 unspecified atom stereocenters. The van der Waals surface area contributed by atoms with Crippen molar-refractivity contribution in [2.24, 2.45) is 0 Å². The van der Waals surface area contributed by atoms with E-state index in [1.165, 1.54) is 12.1 Å². The molecule has 1 aromatic heterocycles. The summed E-state index contributed by atoms with van der Waals surface area (Å²) in [4.78, 5) is 12.4. The topological polar surface area (TPSA) is 88.4 Å². The molecule has 0 amide bonds. The molecule has 0 saturated carbocycles. The van der Waals surface area contributed by atoms with Gasteiger partial charge in [-0.25, -0.2) is 13.2 Å². The Hall–Kier alpha value is -2.51. The highest BCUT2D eigenvalue weighted by molar-refractivity contribution is 7.92. The van der Waals surface area contributed by atoms with Crippen molar-refractivity contribution in [3.8, 4) is 0 Å². The zero-order chi connectivity index (χ0) is 18.9. The Morgan fingerprint density at radius 1 is 1.12 bits per heavy atom. The molecule has 0 atom stereocenters. The number of benzene rings is 2. The number of para-hydroxylation sites is 1. The van der Waals surface area contributed by atoms with Crippen LogP contribution in [0.1, 0.15) is 12.5 Å². The third-order valence-corrected chi connectivity index (χ3v) is 5.61. The summed E-state index contributed by atoms with van der Waals surface area (Å²) in [5, 5.41) is 3.97. The number of aryl methyl sites for hydroxylation is 1. The van der Waals surface area contributed by atoms with Crippen molar-refractivity contribution in [3.05, 3.63) is 63.5 Å². The van der Waals surface area contributed by atoms with Crippen molar-refractivity contribution in [1.82, 2.24) is 0 Å². The number of nitrogens with one attached hydrogen (secondary N) is 2. The second-order valence-electron chi connectivity index (χ2n) is 5.68. The normalized spacial score (nSPS) is 11.5. The first-order valence-corrected chi connectivity index (χ1v) is 9.78. The fourth-order valence-electron chi connectivity index (χ4n) is 2.54. The van der Waals surface area contributed by atoms with Crippen LogP contribution in [0.4, 0.5) is 11.4 Å². The molecular weight excluding hydrogens is 376 g/mol. The number of fused-ring (bicyclic) bond motifs is 1. The fraction of sp³-hybridized carbons (Fsp3) is 0.167. The second-order valence-corrected chi connectivity index (χ2v) is 7.77. The molecule has 0 saturated heterocycles. The number of anilines is 2. The fourth-order valence-corrected chi connectivity index (χ4v) is 3.87. The van der Waals surface area contributed by atoms with Crippen molar-refractivity contribution in [1.29, 1.82) is 0 Å². The largest absolute Gasteiger partial charge is 0.421 e. The number of hydrogen-bond donors (Lipinski definition) is 2. The zero-order valence-corrected chi connectivity index (χ0v) is 15.7. The number of sulfonamides is 1. The molecule has 26 heavy (non-hydrogen) atoms. The van der Waals surface area contributed by atoms with Gasteiger partial charge in [-0.05, 0) is 43.7 Å². The van der Waals surface area contributed by atoms with Crippen LogP contribution in [0, 0.1) is 6.92 Å². The monoisotopic (exact) mass is 392 g/mol. The van der Waals surface area contributed by atoms with E-state index in [-0.39, 0.29) is 10.6 Å². The molecule has 0 aliphatic rings. The molecule has 136 valence electrons. The van der Waals surface area contributed by atoms with Crippen molar-refractivity contribution in [3.63, 3.8) is 0 Å². The van der Waals surface area contributed by atoms with Gasteiger partial charge in [0.25, 0.3) is 10.0 Å². The van der Waals surface area contributed by atoms with Gasteiger partial charge in [0.15, 0.2) is 5.69 Å². The van der Waals surface area contributed by atoms with E-state index >= 15 is 0 Å². The highest BCUT2D eigenvalue weighted by Crippen LogP contribution is 2.30. The highest BCUT2D eigenvalue weighted by Gasteiger charge is 2.22. The van der Waals surface area contributed by atoms with E-state index in [9.17, 15) is 13.2 Å². The molecule has 0 spiro atoms. The summed E-state index contributed by atoms with van der Waals surface area (Å²) >= 11 is 6.03. The lowest BCUT2D eigenvalue weighted by Crippen LogP contribution is -2.20. The summed E-state index contributed by atoms with van der Waals surface area (Å²) in [7, 11) is -4.02. The summed E-state index contributed by atoms with van der Waals surface area (Å²) < 4.78 is 33.1. The van der Waals surface area contributed by atoms with Crippen LogP contribution in [0.5, 0.6) is 0 Å². The van der Waals surface area contributed by atoms with Gasteiger partial charge in [-0.3, -0.25) is 4.72 Å². The predicted molar refractivity (Wildman–Crippen MR) is 104 cm³/mol. The standard InChI is InChI=1S/C18H17ClN2O4S/c1-3-20-16-13-6-4-5-7-15(13)25-18(22)17(16)21-26(23,24)12-9-8-11(2)14(19)10-12/h4-10,20-21H,3H2,1-2H3. The van der Waals surface area contributed by atoms with Crippen molar-refractivity contribution >= 4 is 44.0 Å². The third kappa shape index (κ3) is 3.40. The first-order chi connectivity index (χ1) is 12.3. The van der Waals surface area contributed by atoms with Crippen LogP contribution < -0.4 is 15.7 Å². The van der Waals surface area contributed by atoms with E-state index in [0.717, 1.165) is 5.56 Å². The quantitative estimate of drug-likeness (QED) is 0.641. The van der Waals surface area contributed by atoms with Crippen molar-refractivity contribution in [2.75, 3.05) is 16.6 Å². The van der Waals surface area contributed by atoms with Crippen LogP contribution in [0.3, 0.4) is 0 Å². The summed E-state index contributed by atoms with van der Waals surface area (Å²) in [5.74, 6) is 0. The lowest BCUT2D eigenvalue weighted by atomic mass is 10.2. The van der Waals surface area contributed by atoms with Crippen LogP contribution in [0.25, 0.3) is 11.0 Å². The molecule has 8 heteroatoms. The minimum atomic E-state index is -4.02. The van der Waals surface area contributed by atoms with Crippen LogP contribution >= 0.6 is 11.6 Å². The Labute approximate surface area is 155 Å². The van der Waals surface area contributed by atoms with Crippen LogP contribution in [0.15, 0.2) is 56.6 Å². The van der Waals surface area contributed by atoms with Gasteiger partial charge in [0.1, 0.15) is 5.58 Å². The Balaban J connectivity index is 2.15. The molecule has 2 N–H and O–H groups in total. The van der Waals surface area contributed by atoms with Gasteiger partial charge in [-0.1, -0.05) is 29.8 Å². The Morgan fingerprint density at radius 2 is 1.85 bits per heavy atom. The smallest absolute Gasteiger partial charge is 0.363 e. The van der Waals surface area contributed by atoms with E-state index < -0.39 is 15.6 Å². The summed E-state index contributed by atoms with van der Waals surface area (Å²) in [5.41, 5.74) is 0.559. The maximum absolute atomic E-state index is 12.7. The van der Waals surface area contributed by atoms with Gasteiger partial charge in [0.2, 0.25) is 0 Å². The molecular formula is C18H17ClN2O4S. The molecule has 3 rings (SSSR count). The SMILES string of the molecule is CCNc1c(NS(=O)(=O)c2ccc(C)c(Cl)c2)c(=O)oc2ccccc12. The number of rotatable bonds is 5. The maximum atomic E-state index is 12.7. The summed E-state index contributed by atoms with van der Waals surface area (Å²) in [6.45, 7) is 4.12. The summed E-state index contributed by atoms with van der Waals surface area (Å²) in [6, 6.07) is 11.3. The van der Waals surface area contributed by atoms with Gasteiger partial charge in [-0.15, -0.1) is 0 Å². The van der Waals surface area contributed by atoms with E-state index in [1.807, 2.05) is 6.92 Å². The highest BCUT2D eigenvalue weighted by atomic mass is 35.5. The predicted octanol–water partition coefficient (Wildman–Crippen LogP) is 3.99.